The van der Waals surface area contributed by atoms with Gasteiger partial charge in [-0.15, -0.1) is 0 Å². The van der Waals surface area contributed by atoms with E-state index in [1.165, 1.54) is 0 Å². The van der Waals surface area contributed by atoms with Gasteiger partial charge in [-0.25, -0.2) is 4.79 Å². The van der Waals surface area contributed by atoms with Crippen LogP contribution in [0.25, 0.3) is 10.9 Å². The van der Waals surface area contributed by atoms with Gasteiger partial charge in [-0.3, -0.25) is 4.79 Å². The standard InChI is InChI=1S/C14H13NO3/c1-8-4-5-9-11(7-8)15-6-2-3-10(15)12(13(9)16)14(17)18/h4-5,7H,2-3,6H2,1H3,(H,17,18). The number of pyridine rings is 1. The lowest BCUT2D eigenvalue weighted by Crippen LogP contribution is -2.21. The molecule has 0 aliphatic carbocycles. The van der Waals surface area contributed by atoms with Crippen molar-refractivity contribution in [2.45, 2.75) is 26.3 Å². The molecular weight excluding hydrogens is 230 g/mol. The first-order chi connectivity index (χ1) is 8.59. The minimum Gasteiger partial charge on any atom is -0.477 e. The Morgan fingerprint density at radius 3 is 2.89 bits per heavy atom. The van der Waals surface area contributed by atoms with E-state index in [4.69, 9.17) is 0 Å². The normalized spacial score (nSPS) is 13.8. The summed E-state index contributed by atoms with van der Waals surface area (Å²) in [4.78, 5) is 23.5. The Labute approximate surface area is 103 Å². The summed E-state index contributed by atoms with van der Waals surface area (Å²) in [5.74, 6) is -1.12. The fraction of sp³-hybridized carbons (Fsp3) is 0.286. The number of aryl methyl sites for hydroxylation is 2. The molecule has 1 aliphatic rings. The van der Waals surface area contributed by atoms with Crippen molar-refractivity contribution in [3.63, 3.8) is 0 Å². The maximum absolute atomic E-state index is 12.2. The number of carboxylic acids is 1. The molecule has 92 valence electrons. The van der Waals surface area contributed by atoms with Gasteiger partial charge in [0.25, 0.3) is 0 Å². The first-order valence-corrected chi connectivity index (χ1v) is 5.99. The summed E-state index contributed by atoms with van der Waals surface area (Å²) >= 11 is 0. The van der Waals surface area contributed by atoms with E-state index < -0.39 is 5.97 Å². The molecular formula is C14H13NO3. The lowest BCUT2D eigenvalue weighted by atomic mass is 10.1. The van der Waals surface area contributed by atoms with E-state index in [0.29, 0.717) is 17.5 Å². The van der Waals surface area contributed by atoms with E-state index in [0.717, 1.165) is 24.0 Å². The topological polar surface area (TPSA) is 59.3 Å². The largest absolute Gasteiger partial charge is 0.477 e. The number of nitrogens with zero attached hydrogens (tertiary/aromatic N) is 1. The maximum Gasteiger partial charge on any atom is 0.341 e. The lowest BCUT2D eigenvalue weighted by molar-refractivity contribution is 0.0694. The number of carboxylic acid groups (broad SMARTS) is 1. The molecule has 0 bridgehead atoms. The zero-order valence-electron chi connectivity index (χ0n) is 10.1. The summed E-state index contributed by atoms with van der Waals surface area (Å²) in [5.41, 5.74) is 2.20. The second-order valence-electron chi connectivity index (χ2n) is 4.73. The Morgan fingerprint density at radius 1 is 1.39 bits per heavy atom. The van der Waals surface area contributed by atoms with Gasteiger partial charge < -0.3 is 9.67 Å². The predicted molar refractivity (Wildman–Crippen MR) is 68.2 cm³/mol. The van der Waals surface area contributed by atoms with Gasteiger partial charge in [-0.05, 0) is 37.5 Å². The van der Waals surface area contributed by atoms with Gasteiger partial charge in [-0.2, -0.15) is 0 Å². The van der Waals surface area contributed by atoms with Crippen molar-refractivity contribution in [1.82, 2.24) is 4.57 Å². The van der Waals surface area contributed by atoms with Gasteiger partial charge in [0, 0.05) is 17.6 Å². The van der Waals surface area contributed by atoms with Crippen LogP contribution in [-0.4, -0.2) is 15.6 Å². The van der Waals surface area contributed by atoms with Gasteiger partial charge in [0.2, 0.25) is 5.43 Å². The van der Waals surface area contributed by atoms with Crippen molar-refractivity contribution >= 4 is 16.9 Å². The number of fused-ring (bicyclic) bond motifs is 3. The molecule has 18 heavy (non-hydrogen) atoms. The molecule has 0 spiro atoms. The summed E-state index contributed by atoms with van der Waals surface area (Å²) in [6.07, 6.45) is 1.56. The summed E-state index contributed by atoms with van der Waals surface area (Å²) in [5, 5.41) is 9.73. The third-order valence-electron chi connectivity index (χ3n) is 3.54. The van der Waals surface area contributed by atoms with Crippen LogP contribution in [0, 0.1) is 6.92 Å². The number of carbonyl (C=O) groups is 1. The minimum absolute atomic E-state index is 0.0520. The summed E-state index contributed by atoms with van der Waals surface area (Å²) < 4.78 is 1.98. The molecule has 1 aromatic heterocycles. The Morgan fingerprint density at radius 2 is 2.17 bits per heavy atom. The van der Waals surface area contributed by atoms with Crippen molar-refractivity contribution in [1.29, 1.82) is 0 Å². The molecule has 4 heteroatoms. The van der Waals surface area contributed by atoms with Crippen molar-refractivity contribution < 1.29 is 9.90 Å². The van der Waals surface area contributed by atoms with E-state index in [-0.39, 0.29) is 11.0 Å². The Hall–Kier alpha value is -2.10. The van der Waals surface area contributed by atoms with Crippen LogP contribution in [0.3, 0.4) is 0 Å². The average Bonchev–Trinajstić information content (AvgIpc) is 2.77. The summed E-state index contributed by atoms with van der Waals surface area (Å²) in [7, 11) is 0. The Bertz CT molecular complexity index is 728. The molecule has 0 saturated carbocycles. The average molecular weight is 243 g/mol. The third kappa shape index (κ3) is 1.38. The SMILES string of the molecule is Cc1ccc2c(=O)c(C(=O)O)c3n(c2c1)CCC3. The van der Waals surface area contributed by atoms with Crippen LogP contribution in [0.1, 0.15) is 28.0 Å². The third-order valence-corrected chi connectivity index (χ3v) is 3.54. The number of benzene rings is 1. The second kappa shape index (κ2) is 3.70. The molecule has 0 saturated heterocycles. The van der Waals surface area contributed by atoms with Crippen LogP contribution in [0.4, 0.5) is 0 Å². The van der Waals surface area contributed by atoms with E-state index in [1.807, 2.05) is 23.6 Å². The fourth-order valence-corrected chi connectivity index (χ4v) is 2.74. The zero-order valence-corrected chi connectivity index (χ0v) is 10.1. The monoisotopic (exact) mass is 243 g/mol. The lowest BCUT2D eigenvalue weighted by Gasteiger charge is -2.12. The summed E-state index contributed by atoms with van der Waals surface area (Å²) in [6, 6.07) is 5.53. The molecule has 0 unspecified atom stereocenters. The Kier molecular flexibility index (Phi) is 2.26. The van der Waals surface area contributed by atoms with Crippen LogP contribution in [-0.2, 0) is 13.0 Å². The highest BCUT2D eigenvalue weighted by Crippen LogP contribution is 2.24. The number of rotatable bonds is 1. The van der Waals surface area contributed by atoms with E-state index in [2.05, 4.69) is 0 Å². The first-order valence-electron chi connectivity index (χ1n) is 5.99. The van der Waals surface area contributed by atoms with Crippen LogP contribution in [0.2, 0.25) is 0 Å². The quantitative estimate of drug-likeness (QED) is 0.832. The highest BCUT2D eigenvalue weighted by molar-refractivity contribution is 5.94. The molecule has 0 amide bonds. The molecule has 1 aliphatic heterocycles. The van der Waals surface area contributed by atoms with E-state index in [1.54, 1.807) is 6.07 Å². The predicted octanol–water partition coefficient (Wildman–Crippen LogP) is 1.95. The van der Waals surface area contributed by atoms with Gasteiger partial charge in [-0.1, -0.05) is 6.07 Å². The smallest absolute Gasteiger partial charge is 0.341 e. The van der Waals surface area contributed by atoms with Crippen molar-refractivity contribution in [2.75, 3.05) is 0 Å². The molecule has 1 aromatic carbocycles. The Balaban J connectivity index is 2.54. The fourth-order valence-electron chi connectivity index (χ4n) is 2.74. The second-order valence-corrected chi connectivity index (χ2v) is 4.73. The van der Waals surface area contributed by atoms with Crippen molar-refractivity contribution in [2.24, 2.45) is 0 Å². The van der Waals surface area contributed by atoms with Crippen LogP contribution in [0.5, 0.6) is 0 Å². The first kappa shape index (κ1) is 11.0. The summed E-state index contributed by atoms with van der Waals surface area (Å²) in [6.45, 7) is 2.76. The highest BCUT2D eigenvalue weighted by atomic mass is 16.4. The van der Waals surface area contributed by atoms with Crippen LogP contribution in [0.15, 0.2) is 23.0 Å². The molecule has 1 N–H and O–H groups in total. The number of hydrogen-bond acceptors (Lipinski definition) is 2. The minimum atomic E-state index is -1.12. The highest BCUT2D eigenvalue weighted by Gasteiger charge is 2.24. The zero-order chi connectivity index (χ0) is 12.9. The maximum atomic E-state index is 12.2. The number of aromatic carboxylic acids is 1. The molecule has 2 heterocycles. The van der Waals surface area contributed by atoms with Gasteiger partial charge in [0.1, 0.15) is 5.56 Å². The number of aromatic nitrogens is 1. The van der Waals surface area contributed by atoms with Crippen LogP contribution >= 0.6 is 0 Å². The molecule has 2 aromatic rings. The van der Waals surface area contributed by atoms with Gasteiger partial charge in [0.15, 0.2) is 0 Å². The van der Waals surface area contributed by atoms with E-state index >= 15 is 0 Å². The van der Waals surface area contributed by atoms with E-state index in [9.17, 15) is 14.7 Å². The van der Waals surface area contributed by atoms with Crippen LogP contribution < -0.4 is 5.43 Å². The molecule has 0 fully saturated rings. The van der Waals surface area contributed by atoms with Crippen molar-refractivity contribution in [3.8, 4) is 0 Å². The van der Waals surface area contributed by atoms with Gasteiger partial charge in [0.05, 0.1) is 5.52 Å². The molecule has 4 nitrogen and oxygen atoms in total. The molecule has 0 atom stereocenters. The van der Waals surface area contributed by atoms with Crippen molar-refractivity contribution in [3.05, 3.63) is 45.2 Å². The molecule has 3 rings (SSSR count). The van der Waals surface area contributed by atoms with Gasteiger partial charge >= 0.3 is 5.97 Å². The number of hydrogen-bond donors (Lipinski definition) is 1. The molecule has 0 radical (unpaired) electrons.